The van der Waals surface area contributed by atoms with Gasteiger partial charge in [0.15, 0.2) is 0 Å². The number of nitrogens with zero attached hydrogens (tertiary/aromatic N) is 2. The van der Waals surface area contributed by atoms with Crippen molar-refractivity contribution in [3.63, 3.8) is 0 Å². The first kappa shape index (κ1) is 17.5. The van der Waals surface area contributed by atoms with Gasteiger partial charge in [-0.05, 0) is 11.1 Å². The van der Waals surface area contributed by atoms with Crippen molar-refractivity contribution in [2.45, 2.75) is 10.7 Å². The van der Waals surface area contributed by atoms with Crippen LogP contribution in [-0.2, 0) is 9.59 Å². The van der Waals surface area contributed by atoms with Crippen molar-refractivity contribution >= 4 is 35.3 Å². The largest absolute Gasteiger partial charge is 0.324 e. The molecule has 0 bridgehead atoms. The summed E-state index contributed by atoms with van der Waals surface area (Å²) in [6, 6.07) is 20.2. The number of rotatable bonds is 5. The zero-order valence-corrected chi connectivity index (χ0v) is 15.9. The normalized spacial score (nSPS) is 23.1. The summed E-state index contributed by atoms with van der Waals surface area (Å²) in [5.74, 6) is 1.31. The van der Waals surface area contributed by atoms with Crippen LogP contribution in [0.15, 0.2) is 60.7 Å². The summed E-state index contributed by atoms with van der Waals surface area (Å²) < 4.78 is 0. The number of carbonyl (C=O) groups is 2. The minimum absolute atomic E-state index is 0.0456. The van der Waals surface area contributed by atoms with Crippen LogP contribution in [0, 0.1) is 0 Å². The molecular weight excluding hydrogens is 364 g/mol. The maximum atomic E-state index is 12.4. The predicted octanol–water partition coefficient (Wildman–Crippen LogP) is 3.53. The molecule has 0 aliphatic carbocycles. The van der Waals surface area contributed by atoms with Crippen LogP contribution < -0.4 is 0 Å². The van der Waals surface area contributed by atoms with Crippen molar-refractivity contribution < 1.29 is 9.59 Å². The number of carbonyl (C=O) groups excluding carboxylic acids is 2. The number of benzene rings is 2. The minimum Gasteiger partial charge on any atom is -0.324 e. The lowest BCUT2D eigenvalue weighted by atomic mass is 10.2. The van der Waals surface area contributed by atoms with Crippen molar-refractivity contribution in [2.24, 2.45) is 0 Å². The van der Waals surface area contributed by atoms with E-state index < -0.39 is 0 Å². The second-order valence-electron chi connectivity index (χ2n) is 6.32. The summed E-state index contributed by atoms with van der Waals surface area (Å²) in [7, 11) is 0. The quantitative estimate of drug-likeness (QED) is 0.791. The van der Waals surface area contributed by atoms with Gasteiger partial charge in [-0.1, -0.05) is 60.7 Å². The van der Waals surface area contributed by atoms with Gasteiger partial charge in [0.05, 0.1) is 11.5 Å². The van der Waals surface area contributed by atoms with Crippen molar-refractivity contribution in [3.05, 3.63) is 71.8 Å². The van der Waals surface area contributed by atoms with Gasteiger partial charge in [-0.15, -0.1) is 23.5 Å². The Labute approximate surface area is 161 Å². The van der Waals surface area contributed by atoms with Gasteiger partial charge in [0.25, 0.3) is 0 Å². The standard InChI is InChI=1S/C20H20N2O2S2/c23-17-13-25-19(15-7-3-1-4-8-15)21(17)11-12-22-18(24)14-26-20(22)16-9-5-2-6-10-16/h1-10,19-20H,11-14H2. The van der Waals surface area contributed by atoms with Crippen LogP contribution in [0.2, 0.25) is 0 Å². The van der Waals surface area contributed by atoms with E-state index in [2.05, 4.69) is 24.3 Å². The Balaban J connectivity index is 1.48. The van der Waals surface area contributed by atoms with Gasteiger partial charge in [0.1, 0.15) is 10.7 Å². The lowest BCUT2D eigenvalue weighted by Crippen LogP contribution is -2.39. The van der Waals surface area contributed by atoms with Gasteiger partial charge in [-0.25, -0.2) is 0 Å². The van der Waals surface area contributed by atoms with E-state index in [1.54, 1.807) is 23.5 Å². The second kappa shape index (κ2) is 7.76. The molecule has 2 fully saturated rings. The second-order valence-corrected chi connectivity index (χ2v) is 8.46. The third-order valence-corrected chi connectivity index (χ3v) is 7.20. The van der Waals surface area contributed by atoms with E-state index in [-0.39, 0.29) is 22.6 Å². The van der Waals surface area contributed by atoms with Crippen LogP contribution in [0.25, 0.3) is 0 Å². The molecule has 0 radical (unpaired) electrons. The molecule has 0 aromatic heterocycles. The molecule has 0 saturated carbocycles. The third-order valence-electron chi connectivity index (χ3n) is 4.69. The molecule has 2 atom stereocenters. The highest BCUT2D eigenvalue weighted by Gasteiger charge is 2.36. The summed E-state index contributed by atoms with van der Waals surface area (Å²) in [6.07, 6.45) is 0. The minimum atomic E-state index is 0.0456. The molecule has 2 heterocycles. The van der Waals surface area contributed by atoms with E-state index in [0.29, 0.717) is 24.6 Å². The van der Waals surface area contributed by atoms with Crippen LogP contribution in [0.5, 0.6) is 0 Å². The first-order chi connectivity index (χ1) is 12.7. The van der Waals surface area contributed by atoms with Gasteiger partial charge in [0, 0.05) is 13.1 Å². The van der Waals surface area contributed by atoms with E-state index in [4.69, 9.17) is 0 Å². The lowest BCUT2D eigenvalue weighted by molar-refractivity contribution is -0.132. The van der Waals surface area contributed by atoms with E-state index in [0.717, 1.165) is 11.1 Å². The molecule has 26 heavy (non-hydrogen) atoms. The average Bonchev–Trinajstić information content (AvgIpc) is 3.24. The molecule has 2 aromatic rings. The fraction of sp³-hybridized carbons (Fsp3) is 0.300. The molecule has 4 nitrogen and oxygen atoms in total. The van der Waals surface area contributed by atoms with Gasteiger partial charge >= 0.3 is 0 Å². The zero-order chi connectivity index (χ0) is 17.9. The summed E-state index contributed by atoms with van der Waals surface area (Å²) in [5, 5.41) is 0.0912. The molecule has 0 N–H and O–H groups in total. The zero-order valence-electron chi connectivity index (χ0n) is 14.3. The Morgan fingerprint density at radius 1 is 0.692 bits per heavy atom. The molecule has 4 rings (SSSR count). The highest BCUT2D eigenvalue weighted by molar-refractivity contribution is 8.00. The summed E-state index contributed by atoms with van der Waals surface area (Å²) in [4.78, 5) is 28.6. The molecule has 2 aromatic carbocycles. The third kappa shape index (κ3) is 3.48. The Kier molecular flexibility index (Phi) is 5.22. The van der Waals surface area contributed by atoms with Crippen LogP contribution in [0.4, 0.5) is 0 Å². The van der Waals surface area contributed by atoms with Crippen molar-refractivity contribution in [3.8, 4) is 0 Å². The fourth-order valence-electron chi connectivity index (χ4n) is 3.39. The lowest BCUT2D eigenvalue weighted by Gasteiger charge is -2.29. The number of hydrogen-bond donors (Lipinski definition) is 0. The monoisotopic (exact) mass is 384 g/mol. The van der Waals surface area contributed by atoms with Crippen LogP contribution in [0.1, 0.15) is 21.9 Å². The van der Waals surface area contributed by atoms with Gasteiger partial charge in [-0.2, -0.15) is 0 Å². The molecule has 2 aliphatic rings. The summed E-state index contributed by atoms with van der Waals surface area (Å²) >= 11 is 3.32. The van der Waals surface area contributed by atoms with E-state index in [1.807, 2.05) is 46.2 Å². The highest BCUT2D eigenvalue weighted by atomic mass is 32.2. The van der Waals surface area contributed by atoms with Crippen molar-refractivity contribution in [2.75, 3.05) is 24.6 Å². The van der Waals surface area contributed by atoms with E-state index >= 15 is 0 Å². The first-order valence-corrected chi connectivity index (χ1v) is 10.8. The number of hydrogen-bond acceptors (Lipinski definition) is 4. The smallest absolute Gasteiger partial charge is 0.233 e. The number of thioether (sulfide) groups is 2. The molecule has 134 valence electrons. The summed E-state index contributed by atoms with van der Waals surface area (Å²) in [6.45, 7) is 1.14. The maximum absolute atomic E-state index is 12.4. The maximum Gasteiger partial charge on any atom is 0.233 e. The Hall–Kier alpha value is -1.92. The Morgan fingerprint density at radius 2 is 1.08 bits per heavy atom. The van der Waals surface area contributed by atoms with Crippen molar-refractivity contribution in [1.82, 2.24) is 9.80 Å². The Morgan fingerprint density at radius 3 is 1.46 bits per heavy atom. The molecular formula is C20H20N2O2S2. The van der Waals surface area contributed by atoms with Gasteiger partial charge < -0.3 is 9.80 Å². The summed E-state index contributed by atoms with van der Waals surface area (Å²) in [5.41, 5.74) is 2.29. The van der Waals surface area contributed by atoms with Crippen LogP contribution >= 0.6 is 23.5 Å². The average molecular weight is 385 g/mol. The molecule has 0 spiro atoms. The van der Waals surface area contributed by atoms with Crippen molar-refractivity contribution in [1.29, 1.82) is 0 Å². The van der Waals surface area contributed by atoms with E-state index in [1.165, 1.54) is 0 Å². The Bertz CT molecular complexity index is 717. The van der Waals surface area contributed by atoms with Gasteiger partial charge in [-0.3, -0.25) is 9.59 Å². The molecule has 2 saturated heterocycles. The highest BCUT2D eigenvalue weighted by Crippen LogP contribution is 2.40. The molecule has 6 heteroatoms. The molecule has 2 amide bonds. The van der Waals surface area contributed by atoms with Gasteiger partial charge in [0.2, 0.25) is 11.8 Å². The van der Waals surface area contributed by atoms with Crippen LogP contribution in [-0.4, -0.2) is 46.2 Å². The number of amides is 2. The topological polar surface area (TPSA) is 40.6 Å². The van der Waals surface area contributed by atoms with Crippen LogP contribution in [0.3, 0.4) is 0 Å². The molecule has 2 unspecified atom stereocenters. The first-order valence-electron chi connectivity index (χ1n) is 8.66. The predicted molar refractivity (Wildman–Crippen MR) is 107 cm³/mol. The molecule has 2 aliphatic heterocycles. The SMILES string of the molecule is O=C1CSC(c2ccccc2)N1CCN1C(=O)CSC1c1ccccc1. The van der Waals surface area contributed by atoms with E-state index in [9.17, 15) is 9.59 Å². The fourth-order valence-corrected chi connectivity index (χ4v) is 5.83.